The molecule has 4 saturated carbocycles. The van der Waals surface area contributed by atoms with Crippen LogP contribution >= 0.6 is 0 Å². The predicted octanol–water partition coefficient (Wildman–Crippen LogP) is 6.38. The minimum absolute atomic E-state index is 0.153. The molecule has 0 heterocycles. The molecule has 0 saturated heterocycles. The van der Waals surface area contributed by atoms with Crippen molar-refractivity contribution in [2.24, 2.45) is 28.6 Å². The van der Waals surface area contributed by atoms with Crippen LogP contribution in [0, 0.1) is 28.6 Å². The fraction of sp³-hybridized carbons (Fsp3) is 0.897. The normalized spacial score (nSPS) is 31.3. The summed E-state index contributed by atoms with van der Waals surface area (Å²) in [6.45, 7) is 16.4. The summed E-state index contributed by atoms with van der Waals surface area (Å²) in [6.07, 6.45) is 7.22. The molecule has 4 aliphatic carbocycles. The van der Waals surface area contributed by atoms with Crippen molar-refractivity contribution in [3.63, 3.8) is 0 Å². The molecule has 0 radical (unpaired) electrons. The molecular formula is C29H48O6. The lowest BCUT2D eigenvalue weighted by Gasteiger charge is -2.56. The van der Waals surface area contributed by atoms with Crippen LogP contribution in [0.4, 0.5) is 0 Å². The molecule has 0 aromatic rings. The van der Waals surface area contributed by atoms with Crippen LogP contribution < -0.4 is 0 Å². The molecule has 6 nitrogen and oxygen atoms in total. The molecule has 2 unspecified atom stereocenters. The van der Waals surface area contributed by atoms with E-state index in [4.69, 9.17) is 14.2 Å². The van der Waals surface area contributed by atoms with Crippen LogP contribution in [0.1, 0.15) is 120 Å². The second kappa shape index (κ2) is 9.37. The molecule has 35 heavy (non-hydrogen) atoms. The van der Waals surface area contributed by atoms with Crippen LogP contribution in [0.5, 0.6) is 0 Å². The van der Waals surface area contributed by atoms with Gasteiger partial charge in [-0.3, -0.25) is 14.4 Å². The van der Waals surface area contributed by atoms with Crippen molar-refractivity contribution in [2.45, 2.75) is 137 Å². The third-order valence-electron chi connectivity index (χ3n) is 8.19. The van der Waals surface area contributed by atoms with Crippen molar-refractivity contribution in [1.82, 2.24) is 0 Å². The molecule has 2 atom stereocenters. The van der Waals surface area contributed by atoms with E-state index in [0.717, 1.165) is 19.3 Å². The first-order valence-corrected chi connectivity index (χ1v) is 13.5. The van der Waals surface area contributed by atoms with Gasteiger partial charge in [-0.1, -0.05) is 6.92 Å². The van der Waals surface area contributed by atoms with E-state index in [1.807, 2.05) is 13.8 Å². The zero-order chi connectivity index (χ0) is 26.4. The van der Waals surface area contributed by atoms with Gasteiger partial charge in [0.25, 0.3) is 0 Å². The van der Waals surface area contributed by atoms with E-state index in [1.54, 1.807) is 48.5 Å². The zero-order valence-electron chi connectivity index (χ0n) is 23.5. The van der Waals surface area contributed by atoms with Gasteiger partial charge < -0.3 is 14.2 Å². The Bertz CT molecular complexity index is 796. The van der Waals surface area contributed by atoms with Crippen LogP contribution in [-0.4, -0.2) is 34.7 Å². The Labute approximate surface area is 212 Å². The molecule has 4 rings (SSSR count). The second-order valence-electron chi connectivity index (χ2n) is 14.4. The Kier molecular flexibility index (Phi) is 7.49. The quantitative estimate of drug-likeness (QED) is 0.289. The summed E-state index contributed by atoms with van der Waals surface area (Å²) in [4.78, 5) is 40.1. The Hall–Kier alpha value is -1.59. The van der Waals surface area contributed by atoms with Gasteiger partial charge in [0.05, 0.1) is 17.3 Å². The molecule has 0 aliphatic heterocycles. The van der Waals surface area contributed by atoms with Crippen molar-refractivity contribution in [1.29, 1.82) is 0 Å². The average molecular weight is 493 g/mol. The number of ether oxygens (including phenoxy) is 3. The highest BCUT2D eigenvalue weighted by molar-refractivity contribution is 5.85. The highest BCUT2D eigenvalue weighted by atomic mass is 16.6. The van der Waals surface area contributed by atoms with E-state index in [1.165, 1.54) is 19.3 Å². The van der Waals surface area contributed by atoms with E-state index < -0.39 is 34.0 Å². The van der Waals surface area contributed by atoms with Crippen molar-refractivity contribution >= 4 is 17.9 Å². The number of rotatable bonds is 8. The Morgan fingerprint density at radius 2 is 1.17 bits per heavy atom. The predicted molar refractivity (Wildman–Crippen MR) is 134 cm³/mol. The Morgan fingerprint density at radius 3 is 1.57 bits per heavy atom. The summed E-state index contributed by atoms with van der Waals surface area (Å²) in [5.41, 5.74) is -3.88. The highest BCUT2D eigenvalue weighted by Crippen LogP contribution is 2.58. The summed E-state index contributed by atoms with van der Waals surface area (Å²) in [6, 6.07) is 0. The van der Waals surface area contributed by atoms with E-state index in [0.29, 0.717) is 24.2 Å². The van der Waals surface area contributed by atoms with Gasteiger partial charge >= 0.3 is 17.9 Å². The summed E-state index contributed by atoms with van der Waals surface area (Å²) >= 11 is 0. The molecule has 0 N–H and O–H groups in total. The molecule has 200 valence electrons. The summed E-state index contributed by atoms with van der Waals surface area (Å²) in [5, 5.41) is 0. The average Bonchev–Trinajstić information content (AvgIpc) is 2.63. The minimum atomic E-state index is -1.22. The number of hydrogen-bond donors (Lipinski definition) is 0. The Balaban J connectivity index is 1.81. The number of carbonyl (C=O) groups is 3. The van der Waals surface area contributed by atoms with Crippen LogP contribution in [0.15, 0.2) is 0 Å². The maximum absolute atomic E-state index is 13.8. The number of esters is 3. The topological polar surface area (TPSA) is 78.9 Å². The monoisotopic (exact) mass is 492 g/mol. The molecule has 6 heteroatoms. The third-order valence-corrected chi connectivity index (χ3v) is 8.19. The molecule has 0 spiro atoms. The maximum Gasteiger partial charge on any atom is 0.312 e. The van der Waals surface area contributed by atoms with Crippen LogP contribution in [0.2, 0.25) is 0 Å². The van der Waals surface area contributed by atoms with Crippen molar-refractivity contribution in [3.8, 4) is 0 Å². The van der Waals surface area contributed by atoms with Gasteiger partial charge in [0.15, 0.2) is 0 Å². The molecule has 0 amide bonds. The van der Waals surface area contributed by atoms with Gasteiger partial charge in [-0.2, -0.15) is 0 Å². The second-order valence-corrected chi connectivity index (χ2v) is 14.4. The van der Waals surface area contributed by atoms with Gasteiger partial charge in [0, 0.05) is 0 Å². The standard InChI is InChI=1S/C29H48O6/c1-10-27(8,23(31)35-29-14-19-11-20(15-29)13-21(12-19)16-29)18-28(9,24(32)34-26(5,6)7)17-22(30)33-25(2,3)4/h19-21H,10-18H2,1-9H3. The van der Waals surface area contributed by atoms with Gasteiger partial charge in [-0.25, -0.2) is 0 Å². The van der Waals surface area contributed by atoms with Crippen LogP contribution in [0.25, 0.3) is 0 Å². The van der Waals surface area contributed by atoms with Gasteiger partial charge in [0.1, 0.15) is 16.8 Å². The summed E-state index contributed by atoms with van der Waals surface area (Å²) in [7, 11) is 0. The first-order valence-electron chi connectivity index (χ1n) is 13.5. The van der Waals surface area contributed by atoms with E-state index in [9.17, 15) is 14.4 Å². The van der Waals surface area contributed by atoms with E-state index in [2.05, 4.69) is 0 Å². The third kappa shape index (κ3) is 6.80. The van der Waals surface area contributed by atoms with Crippen molar-refractivity contribution < 1.29 is 28.6 Å². The molecule has 4 aliphatic rings. The van der Waals surface area contributed by atoms with E-state index >= 15 is 0 Å². The zero-order valence-corrected chi connectivity index (χ0v) is 23.5. The van der Waals surface area contributed by atoms with E-state index in [-0.39, 0.29) is 24.4 Å². The smallest absolute Gasteiger partial charge is 0.312 e. The molecule has 0 aromatic carbocycles. The molecular weight excluding hydrogens is 444 g/mol. The SMILES string of the molecule is CCC(C)(CC(C)(CC(=O)OC(C)(C)C)C(=O)OC(C)(C)C)C(=O)OC12CC3CC(CC(C3)C1)C2. The fourth-order valence-corrected chi connectivity index (χ4v) is 6.98. The first-order chi connectivity index (χ1) is 15.9. The van der Waals surface area contributed by atoms with Gasteiger partial charge in [-0.05, 0) is 125 Å². The van der Waals surface area contributed by atoms with Crippen molar-refractivity contribution in [2.75, 3.05) is 0 Å². The molecule has 0 aromatic heterocycles. The van der Waals surface area contributed by atoms with Gasteiger partial charge in [0.2, 0.25) is 0 Å². The fourth-order valence-electron chi connectivity index (χ4n) is 6.98. The van der Waals surface area contributed by atoms with Gasteiger partial charge in [-0.15, -0.1) is 0 Å². The van der Waals surface area contributed by atoms with Crippen LogP contribution in [0.3, 0.4) is 0 Å². The Morgan fingerprint density at radius 1 is 0.714 bits per heavy atom. The first kappa shape index (κ1) is 28.0. The molecule has 4 fully saturated rings. The van der Waals surface area contributed by atoms with Crippen molar-refractivity contribution in [3.05, 3.63) is 0 Å². The maximum atomic E-state index is 13.8. The summed E-state index contributed by atoms with van der Waals surface area (Å²) < 4.78 is 17.7. The minimum Gasteiger partial charge on any atom is -0.460 e. The number of hydrogen-bond acceptors (Lipinski definition) is 6. The lowest BCUT2D eigenvalue weighted by molar-refractivity contribution is -0.200. The lowest BCUT2D eigenvalue weighted by Crippen LogP contribution is -2.54. The van der Waals surface area contributed by atoms with Crippen LogP contribution in [-0.2, 0) is 28.6 Å². The largest absolute Gasteiger partial charge is 0.460 e. The summed E-state index contributed by atoms with van der Waals surface area (Å²) in [5.74, 6) is 0.793. The molecule has 4 bridgehead atoms. The highest BCUT2D eigenvalue weighted by Gasteiger charge is 2.55. The number of carbonyl (C=O) groups excluding carboxylic acids is 3. The lowest BCUT2D eigenvalue weighted by atomic mass is 9.54.